The highest BCUT2D eigenvalue weighted by molar-refractivity contribution is 14.0. The number of rotatable bonds is 9. The summed E-state index contributed by atoms with van der Waals surface area (Å²) in [5.41, 5.74) is 0.845. The molecule has 1 aromatic carbocycles. The summed E-state index contributed by atoms with van der Waals surface area (Å²) in [6, 6.07) is 7.61. The number of ether oxygens (including phenoxy) is 3. The Labute approximate surface area is 166 Å². The standard InChI is InChI=1S/C17H27N3O4.HI/c1-13(16(21)23-4)12-19-17(18-2)20-14-7-5-8-15(11-14)24-10-6-9-22-3;/h5,7-8,11,13H,6,9-10,12H2,1-4H3,(H2,18,19,20);1H. The van der Waals surface area contributed by atoms with E-state index in [0.29, 0.717) is 25.7 Å². The number of nitrogens with one attached hydrogen (secondary N) is 2. The number of nitrogens with zero attached hydrogens (tertiary/aromatic N) is 1. The first kappa shape index (κ1) is 23.4. The number of methoxy groups -OCH3 is 2. The van der Waals surface area contributed by atoms with Crippen LogP contribution in [0, 0.1) is 5.92 Å². The van der Waals surface area contributed by atoms with Crippen molar-refractivity contribution >= 4 is 41.6 Å². The van der Waals surface area contributed by atoms with E-state index in [1.54, 1.807) is 21.1 Å². The van der Waals surface area contributed by atoms with Gasteiger partial charge in [0.05, 0.1) is 19.6 Å². The van der Waals surface area contributed by atoms with Crippen LogP contribution in [-0.4, -0.2) is 53.0 Å². The van der Waals surface area contributed by atoms with E-state index in [0.717, 1.165) is 17.9 Å². The van der Waals surface area contributed by atoms with E-state index in [-0.39, 0.29) is 35.9 Å². The van der Waals surface area contributed by atoms with Crippen LogP contribution < -0.4 is 15.4 Å². The van der Waals surface area contributed by atoms with E-state index < -0.39 is 0 Å². The highest BCUT2D eigenvalue weighted by atomic mass is 127. The van der Waals surface area contributed by atoms with Crippen LogP contribution in [0.2, 0.25) is 0 Å². The summed E-state index contributed by atoms with van der Waals surface area (Å²) in [5.74, 6) is 0.824. The third-order valence-electron chi connectivity index (χ3n) is 3.26. The van der Waals surface area contributed by atoms with E-state index in [9.17, 15) is 4.79 Å². The fourth-order valence-electron chi connectivity index (χ4n) is 1.91. The fourth-order valence-corrected chi connectivity index (χ4v) is 1.91. The lowest BCUT2D eigenvalue weighted by atomic mass is 10.2. The molecule has 1 rings (SSSR count). The molecule has 0 amide bonds. The molecule has 142 valence electrons. The molecule has 0 bridgehead atoms. The predicted octanol–water partition coefficient (Wildman–Crippen LogP) is 2.52. The quantitative estimate of drug-likeness (QED) is 0.192. The molecule has 1 aromatic rings. The van der Waals surface area contributed by atoms with Gasteiger partial charge < -0.3 is 24.8 Å². The van der Waals surface area contributed by atoms with Crippen LogP contribution in [0.4, 0.5) is 5.69 Å². The first-order valence-electron chi connectivity index (χ1n) is 7.88. The average molecular weight is 465 g/mol. The molecule has 0 aromatic heterocycles. The molecular weight excluding hydrogens is 437 g/mol. The lowest BCUT2D eigenvalue weighted by molar-refractivity contribution is -0.144. The molecule has 0 saturated carbocycles. The number of carbonyl (C=O) groups is 1. The second kappa shape index (κ2) is 13.7. The van der Waals surface area contributed by atoms with Crippen LogP contribution in [0.5, 0.6) is 5.75 Å². The van der Waals surface area contributed by atoms with E-state index in [1.165, 1.54) is 7.11 Å². The molecule has 7 nitrogen and oxygen atoms in total. The summed E-state index contributed by atoms with van der Waals surface area (Å²) in [5, 5.41) is 6.26. The Morgan fingerprint density at radius 2 is 2.04 bits per heavy atom. The topological polar surface area (TPSA) is 81.2 Å². The Kier molecular flexibility index (Phi) is 12.9. The molecule has 2 N–H and O–H groups in total. The van der Waals surface area contributed by atoms with E-state index >= 15 is 0 Å². The zero-order valence-electron chi connectivity index (χ0n) is 15.2. The number of aliphatic imine (C=N–C) groups is 1. The minimum Gasteiger partial charge on any atom is -0.493 e. The summed E-state index contributed by atoms with van der Waals surface area (Å²) in [6.45, 7) is 3.49. The van der Waals surface area contributed by atoms with Gasteiger partial charge >= 0.3 is 5.97 Å². The van der Waals surface area contributed by atoms with Gasteiger partial charge in [0.1, 0.15) is 5.75 Å². The first-order valence-corrected chi connectivity index (χ1v) is 7.88. The molecule has 0 spiro atoms. The van der Waals surface area contributed by atoms with Crippen molar-refractivity contribution in [2.75, 3.05) is 46.3 Å². The van der Waals surface area contributed by atoms with Gasteiger partial charge in [0.15, 0.2) is 5.96 Å². The van der Waals surface area contributed by atoms with Gasteiger partial charge in [-0.25, -0.2) is 0 Å². The Hall–Kier alpha value is -1.55. The zero-order valence-corrected chi connectivity index (χ0v) is 17.5. The molecule has 1 atom stereocenters. The molecule has 0 aliphatic rings. The lowest BCUT2D eigenvalue weighted by Crippen LogP contribution is -2.36. The highest BCUT2D eigenvalue weighted by Crippen LogP contribution is 2.17. The first-order chi connectivity index (χ1) is 11.6. The summed E-state index contributed by atoms with van der Waals surface area (Å²) in [6.07, 6.45) is 0.836. The van der Waals surface area contributed by atoms with Crippen molar-refractivity contribution in [3.8, 4) is 5.75 Å². The van der Waals surface area contributed by atoms with Gasteiger partial charge in [-0.1, -0.05) is 13.0 Å². The Morgan fingerprint density at radius 3 is 2.68 bits per heavy atom. The third-order valence-corrected chi connectivity index (χ3v) is 3.26. The normalized spacial score (nSPS) is 11.9. The van der Waals surface area contributed by atoms with Crippen molar-refractivity contribution in [1.82, 2.24) is 5.32 Å². The van der Waals surface area contributed by atoms with Gasteiger partial charge in [0, 0.05) is 45.5 Å². The van der Waals surface area contributed by atoms with Crippen molar-refractivity contribution in [3.63, 3.8) is 0 Å². The molecular formula is C17H28IN3O4. The second-order valence-electron chi connectivity index (χ2n) is 5.22. The van der Waals surface area contributed by atoms with Crippen LogP contribution in [0.1, 0.15) is 13.3 Å². The van der Waals surface area contributed by atoms with Crippen molar-refractivity contribution < 1.29 is 19.0 Å². The number of hydrogen-bond donors (Lipinski definition) is 2. The highest BCUT2D eigenvalue weighted by Gasteiger charge is 2.13. The maximum absolute atomic E-state index is 11.4. The maximum atomic E-state index is 11.4. The Bertz CT molecular complexity index is 540. The molecule has 1 unspecified atom stereocenters. The molecule has 0 radical (unpaired) electrons. The summed E-state index contributed by atoms with van der Waals surface area (Å²) < 4.78 is 15.4. The largest absolute Gasteiger partial charge is 0.493 e. The monoisotopic (exact) mass is 465 g/mol. The molecule has 0 heterocycles. The molecule has 0 aliphatic heterocycles. The third kappa shape index (κ3) is 9.49. The predicted molar refractivity (Wildman–Crippen MR) is 110 cm³/mol. The molecule has 8 heteroatoms. The van der Waals surface area contributed by atoms with E-state index in [4.69, 9.17) is 14.2 Å². The van der Waals surface area contributed by atoms with Gasteiger partial charge in [-0.05, 0) is 12.1 Å². The number of guanidine groups is 1. The van der Waals surface area contributed by atoms with Crippen molar-refractivity contribution in [2.24, 2.45) is 10.9 Å². The smallest absolute Gasteiger partial charge is 0.310 e. The van der Waals surface area contributed by atoms with Gasteiger partial charge in [-0.3, -0.25) is 9.79 Å². The minimum atomic E-state index is -0.260. The number of esters is 1. The van der Waals surface area contributed by atoms with Gasteiger partial charge in [0.25, 0.3) is 0 Å². The second-order valence-corrected chi connectivity index (χ2v) is 5.22. The lowest BCUT2D eigenvalue weighted by Gasteiger charge is -2.15. The van der Waals surface area contributed by atoms with Crippen molar-refractivity contribution in [3.05, 3.63) is 24.3 Å². The van der Waals surface area contributed by atoms with Crippen LogP contribution >= 0.6 is 24.0 Å². The van der Waals surface area contributed by atoms with Crippen LogP contribution in [-0.2, 0) is 14.3 Å². The van der Waals surface area contributed by atoms with E-state index in [2.05, 4.69) is 15.6 Å². The Morgan fingerprint density at radius 1 is 1.28 bits per heavy atom. The number of halogens is 1. The summed E-state index contributed by atoms with van der Waals surface area (Å²) in [4.78, 5) is 15.6. The van der Waals surface area contributed by atoms with Crippen molar-refractivity contribution in [2.45, 2.75) is 13.3 Å². The average Bonchev–Trinajstić information content (AvgIpc) is 2.61. The van der Waals surface area contributed by atoms with E-state index in [1.807, 2.05) is 24.3 Å². The number of anilines is 1. The molecule has 0 fully saturated rings. The minimum absolute atomic E-state index is 0. The maximum Gasteiger partial charge on any atom is 0.310 e. The van der Waals surface area contributed by atoms with Crippen LogP contribution in [0.15, 0.2) is 29.3 Å². The molecule has 0 saturated heterocycles. The van der Waals surface area contributed by atoms with Crippen molar-refractivity contribution in [1.29, 1.82) is 0 Å². The summed E-state index contributed by atoms with van der Waals surface area (Å²) in [7, 11) is 4.72. The zero-order chi connectivity index (χ0) is 17.8. The van der Waals surface area contributed by atoms with Gasteiger partial charge in [-0.15, -0.1) is 24.0 Å². The number of hydrogen-bond acceptors (Lipinski definition) is 5. The number of benzene rings is 1. The molecule has 25 heavy (non-hydrogen) atoms. The van der Waals surface area contributed by atoms with Gasteiger partial charge in [-0.2, -0.15) is 0 Å². The number of carbonyl (C=O) groups excluding carboxylic acids is 1. The van der Waals surface area contributed by atoms with Crippen LogP contribution in [0.25, 0.3) is 0 Å². The fraction of sp³-hybridized carbons (Fsp3) is 0.529. The summed E-state index contributed by atoms with van der Waals surface area (Å²) >= 11 is 0. The Balaban J connectivity index is 0.00000576. The SMILES string of the molecule is CN=C(NCC(C)C(=O)OC)Nc1cccc(OCCCOC)c1.I. The molecule has 0 aliphatic carbocycles. The van der Waals surface area contributed by atoms with Gasteiger partial charge in [0.2, 0.25) is 0 Å². The van der Waals surface area contributed by atoms with Crippen LogP contribution in [0.3, 0.4) is 0 Å².